The zero-order valence-electron chi connectivity index (χ0n) is 14.6. The molecule has 2 rings (SSSR count). The Hall–Kier alpha value is -1.30. The summed E-state index contributed by atoms with van der Waals surface area (Å²) in [6, 6.07) is 10.7. The first-order valence-corrected chi connectivity index (χ1v) is 10.2. The zero-order chi connectivity index (χ0) is 16.7. The second kappa shape index (κ2) is 9.11. The molecule has 5 heteroatoms. The first-order valence-electron chi connectivity index (χ1n) is 8.03. The molecular formula is C18H28N3OS+. The third-order valence-electron chi connectivity index (χ3n) is 3.46. The number of hydrogen-bond acceptors (Lipinski definition) is 3. The van der Waals surface area contributed by atoms with E-state index in [1.165, 1.54) is 0 Å². The van der Waals surface area contributed by atoms with Gasteiger partial charge in [-0.05, 0) is 10.9 Å². The lowest BCUT2D eigenvalue weighted by Gasteiger charge is -2.10. The lowest BCUT2D eigenvalue weighted by atomic mass is 10.2. The molecule has 0 bridgehead atoms. The molecule has 0 amide bonds. The lowest BCUT2D eigenvalue weighted by molar-refractivity contribution is 0.0873. The van der Waals surface area contributed by atoms with Crippen molar-refractivity contribution in [3.63, 3.8) is 0 Å². The van der Waals surface area contributed by atoms with Crippen molar-refractivity contribution in [2.75, 3.05) is 24.9 Å². The Morgan fingerprint density at radius 3 is 2.61 bits per heavy atom. The minimum absolute atomic E-state index is 0.425. The third kappa shape index (κ3) is 6.01. The van der Waals surface area contributed by atoms with Gasteiger partial charge in [0.25, 0.3) is 0 Å². The van der Waals surface area contributed by atoms with Crippen LogP contribution in [0, 0.1) is 0 Å². The van der Waals surface area contributed by atoms with Crippen LogP contribution in [0.2, 0.25) is 0 Å². The van der Waals surface area contributed by atoms with Crippen molar-refractivity contribution in [3.05, 3.63) is 42.4 Å². The van der Waals surface area contributed by atoms with E-state index in [1.54, 1.807) is 0 Å². The van der Waals surface area contributed by atoms with Crippen molar-refractivity contribution in [3.8, 4) is 11.3 Å². The van der Waals surface area contributed by atoms with Crippen molar-refractivity contribution >= 4 is 10.9 Å². The molecule has 0 aliphatic rings. The summed E-state index contributed by atoms with van der Waals surface area (Å²) in [4.78, 5) is 4.79. The third-order valence-corrected chi connectivity index (χ3v) is 4.45. The molecule has 126 valence electrons. The Labute approximate surface area is 142 Å². The van der Waals surface area contributed by atoms with Crippen molar-refractivity contribution in [2.45, 2.75) is 33.2 Å². The molecule has 23 heavy (non-hydrogen) atoms. The van der Waals surface area contributed by atoms with Crippen LogP contribution in [0.1, 0.15) is 19.7 Å². The van der Waals surface area contributed by atoms with Gasteiger partial charge >= 0.3 is 0 Å². The summed E-state index contributed by atoms with van der Waals surface area (Å²) in [5, 5.41) is 3.44. The molecule has 4 nitrogen and oxygen atoms in total. The number of ether oxygens (including phenoxy) is 1. The van der Waals surface area contributed by atoms with Gasteiger partial charge in [-0.15, -0.1) is 0 Å². The Kier molecular flexibility index (Phi) is 7.15. The fraction of sp³-hybridized carbons (Fsp3) is 0.500. The largest absolute Gasteiger partial charge is 0.356 e. The zero-order valence-corrected chi connectivity index (χ0v) is 15.4. The monoisotopic (exact) mass is 334 g/mol. The molecule has 0 saturated heterocycles. The fourth-order valence-electron chi connectivity index (χ4n) is 2.14. The molecule has 0 aliphatic carbocycles. The number of rotatable bonds is 9. The van der Waals surface area contributed by atoms with E-state index in [9.17, 15) is 0 Å². The summed E-state index contributed by atoms with van der Waals surface area (Å²) in [6.07, 6.45) is 6.57. The first kappa shape index (κ1) is 18.0. The number of benzene rings is 1. The van der Waals surface area contributed by atoms with Gasteiger partial charge < -0.3 is 14.6 Å². The maximum absolute atomic E-state index is 5.83. The van der Waals surface area contributed by atoms with Crippen molar-refractivity contribution in [1.29, 1.82) is 0 Å². The highest BCUT2D eigenvalue weighted by atomic mass is 32.2. The minimum atomic E-state index is 0.425. The van der Waals surface area contributed by atoms with Crippen LogP contribution in [-0.2, 0) is 28.9 Å². The lowest BCUT2D eigenvalue weighted by Crippen LogP contribution is -2.24. The Bertz CT molecular complexity index is 581. The quantitative estimate of drug-likeness (QED) is 0.566. The summed E-state index contributed by atoms with van der Waals surface area (Å²) in [5.74, 6) is 2.13. The van der Waals surface area contributed by atoms with E-state index in [0.29, 0.717) is 23.7 Å². The van der Waals surface area contributed by atoms with Crippen LogP contribution in [0.25, 0.3) is 11.3 Å². The highest BCUT2D eigenvalue weighted by Gasteiger charge is 2.10. The predicted molar refractivity (Wildman–Crippen MR) is 99.7 cm³/mol. The van der Waals surface area contributed by atoms with Gasteiger partial charge in [0.15, 0.2) is 0 Å². The molecule has 1 aromatic heterocycles. The molecule has 0 unspecified atom stereocenters. The van der Waals surface area contributed by atoms with Gasteiger partial charge in [0, 0.05) is 17.8 Å². The predicted octanol–water partition coefficient (Wildman–Crippen LogP) is 2.90. The molecule has 1 aromatic carbocycles. The van der Waals surface area contributed by atoms with Crippen molar-refractivity contribution in [2.24, 2.45) is 0 Å². The second-order valence-electron chi connectivity index (χ2n) is 6.14. The van der Waals surface area contributed by atoms with Gasteiger partial charge in [0.1, 0.15) is 18.3 Å². The van der Waals surface area contributed by atoms with E-state index >= 15 is 0 Å². The Balaban J connectivity index is 2.08. The van der Waals surface area contributed by atoms with Gasteiger partial charge in [-0.1, -0.05) is 44.2 Å². The highest BCUT2D eigenvalue weighted by Crippen LogP contribution is 2.18. The molecule has 0 saturated carbocycles. The molecule has 0 atom stereocenters. The van der Waals surface area contributed by atoms with Crippen LogP contribution in [0.15, 0.2) is 36.5 Å². The van der Waals surface area contributed by atoms with E-state index in [1.807, 2.05) is 18.2 Å². The van der Waals surface area contributed by atoms with Gasteiger partial charge in [-0.25, -0.2) is 4.98 Å². The average Bonchev–Trinajstić information content (AvgIpc) is 2.93. The molecule has 2 aromatic rings. The average molecular weight is 335 g/mol. The minimum Gasteiger partial charge on any atom is -0.356 e. The van der Waals surface area contributed by atoms with E-state index in [-0.39, 0.29) is 0 Å². The number of aromatic nitrogens is 2. The smallest absolute Gasteiger partial charge is 0.130 e. The standard InChI is InChI=1S/C18H28N3OS/c1-15(2)19-12-18-20-17(16-8-6-5-7-9-16)13-21(18)14-22-10-11-23(3)4/h5-9,13,15,19H,10-12,14H2,1-4H3/q+1. The van der Waals surface area contributed by atoms with Crippen LogP contribution in [-0.4, -0.2) is 40.5 Å². The van der Waals surface area contributed by atoms with Gasteiger partial charge in [0.2, 0.25) is 0 Å². The SMILES string of the molecule is CC(C)NCc1nc(-c2ccccc2)cn1COCC[S+](C)C. The number of hydrogen-bond donors (Lipinski definition) is 1. The van der Waals surface area contributed by atoms with E-state index < -0.39 is 0 Å². The Morgan fingerprint density at radius 1 is 1.22 bits per heavy atom. The molecule has 1 heterocycles. The first-order chi connectivity index (χ1) is 11.1. The van der Waals surface area contributed by atoms with Crippen LogP contribution >= 0.6 is 0 Å². The van der Waals surface area contributed by atoms with Crippen LogP contribution in [0.4, 0.5) is 0 Å². The summed E-state index contributed by atoms with van der Waals surface area (Å²) in [5.41, 5.74) is 2.14. The van der Waals surface area contributed by atoms with E-state index in [4.69, 9.17) is 9.72 Å². The molecule has 1 N–H and O–H groups in total. The van der Waals surface area contributed by atoms with E-state index in [0.717, 1.165) is 36.0 Å². The number of imidazole rings is 1. The van der Waals surface area contributed by atoms with Crippen LogP contribution in [0.3, 0.4) is 0 Å². The summed E-state index contributed by atoms with van der Waals surface area (Å²) < 4.78 is 7.94. The topological polar surface area (TPSA) is 39.1 Å². The van der Waals surface area contributed by atoms with Gasteiger partial charge in [0.05, 0.1) is 31.4 Å². The van der Waals surface area contributed by atoms with Gasteiger partial charge in [-0.2, -0.15) is 0 Å². The number of nitrogens with zero attached hydrogens (tertiary/aromatic N) is 2. The van der Waals surface area contributed by atoms with Crippen LogP contribution in [0.5, 0.6) is 0 Å². The highest BCUT2D eigenvalue weighted by molar-refractivity contribution is 7.95. The molecule has 0 radical (unpaired) electrons. The summed E-state index contributed by atoms with van der Waals surface area (Å²) >= 11 is 0. The normalized spacial score (nSPS) is 11.6. The molecular weight excluding hydrogens is 306 g/mol. The van der Waals surface area contributed by atoms with Crippen molar-refractivity contribution in [1.82, 2.24) is 14.9 Å². The fourth-order valence-corrected chi connectivity index (χ4v) is 2.59. The summed E-state index contributed by atoms with van der Waals surface area (Å²) in [7, 11) is 0.425. The number of nitrogens with one attached hydrogen (secondary N) is 1. The second-order valence-corrected chi connectivity index (χ2v) is 8.52. The van der Waals surface area contributed by atoms with Crippen LogP contribution < -0.4 is 5.32 Å². The molecule has 0 aliphatic heterocycles. The molecule has 0 fully saturated rings. The summed E-state index contributed by atoms with van der Waals surface area (Å²) in [6.45, 7) is 6.40. The maximum atomic E-state index is 5.83. The van der Waals surface area contributed by atoms with Crippen molar-refractivity contribution < 1.29 is 4.74 Å². The molecule has 0 spiro atoms. The van der Waals surface area contributed by atoms with E-state index in [2.05, 4.69) is 54.6 Å². The maximum Gasteiger partial charge on any atom is 0.130 e. The Morgan fingerprint density at radius 2 is 1.96 bits per heavy atom. The van der Waals surface area contributed by atoms with Gasteiger partial charge in [-0.3, -0.25) is 0 Å².